The van der Waals surface area contributed by atoms with Gasteiger partial charge in [-0.2, -0.15) is 0 Å². The molecule has 1 heterocycles. The number of rotatable bonds is 7. The number of halogens is 1. The average Bonchev–Trinajstić information content (AvgIpc) is 3.17. The Balaban J connectivity index is 1.50. The summed E-state index contributed by atoms with van der Waals surface area (Å²) in [4.78, 5) is 47.5. The number of Topliss-reactive ketones (excluding diaryl/α,β-unsaturated/α-hetero) is 1. The molecule has 1 aliphatic heterocycles. The molecule has 2 amide bonds. The van der Waals surface area contributed by atoms with Crippen LogP contribution in [0, 0.1) is 5.82 Å². The van der Waals surface area contributed by atoms with Crippen molar-refractivity contribution in [2.24, 2.45) is 0 Å². The number of anilines is 1. The van der Waals surface area contributed by atoms with Crippen LogP contribution in [-0.4, -0.2) is 43.5 Å². The highest BCUT2D eigenvalue weighted by atomic mass is 19.1. The van der Waals surface area contributed by atoms with Crippen LogP contribution in [0.1, 0.15) is 27.6 Å². The lowest BCUT2D eigenvalue weighted by atomic mass is 10.1. The van der Waals surface area contributed by atoms with Crippen molar-refractivity contribution in [2.75, 3.05) is 25.3 Å². The quantitative estimate of drug-likeness (QED) is 0.520. The van der Waals surface area contributed by atoms with Crippen molar-refractivity contribution < 1.29 is 37.8 Å². The van der Waals surface area contributed by atoms with Crippen molar-refractivity contribution in [3.05, 3.63) is 53.3 Å². The molecule has 0 radical (unpaired) electrons. The normalized spacial score (nSPS) is 11.5. The van der Waals surface area contributed by atoms with E-state index in [-0.39, 0.29) is 29.4 Å². The van der Waals surface area contributed by atoms with Crippen LogP contribution in [0.2, 0.25) is 0 Å². The molecule has 0 bridgehead atoms. The Morgan fingerprint density at radius 1 is 1.10 bits per heavy atom. The zero-order valence-corrected chi connectivity index (χ0v) is 15.8. The lowest BCUT2D eigenvalue weighted by Crippen LogP contribution is -2.32. The van der Waals surface area contributed by atoms with E-state index in [1.807, 2.05) is 0 Å². The lowest BCUT2D eigenvalue weighted by Gasteiger charge is -2.11. The van der Waals surface area contributed by atoms with E-state index in [1.165, 1.54) is 37.3 Å². The molecule has 2 aromatic rings. The fourth-order valence-electron chi connectivity index (χ4n) is 2.60. The van der Waals surface area contributed by atoms with Gasteiger partial charge in [-0.15, -0.1) is 0 Å². The summed E-state index contributed by atoms with van der Waals surface area (Å²) in [5.41, 5.74) is 0.439. The van der Waals surface area contributed by atoms with Gasteiger partial charge in [-0.3, -0.25) is 19.2 Å². The van der Waals surface area contributed by atoms with E-state index >= 15 is 0 Å². The molecule has 9 nitrogen and oxygen atoms in total. The number of carbonyl (C=O) groups excluding carboxylic acids is 4. The molecule has 0 atom stereocenters. The van der Waals surface area contributed by atoms with E-state index in [1.54, 1.807) is 0 Å². The zero-order valence-electron chi connectivity index (χ0n) is 15.8. The minimum absolute atomic E-state index is 0.00301. The second-order valence-electron chi connectivity index (χ2n) is 6.21. The predicted molar refractivity (Wildman–Crippen MR) is 101 cm³/mol. The van der Waals surface area contributed by atoms with Gasteiger partial charge in [0.25, 0.3) is 11.8 Å². The fraction of sp³-hybridized carbons (Fsp3) is 0.200. The Kier molecular flexibility index (Phi) is 6.26. The first kappa shape index (κ1) is 20.8. The predicted octanol–water partition coefficient (Wildman–Crippen LogP) is 1.67. The molecule has 2 N–H and O–H groups in total. The van der Waals surface area contributed by atoms with E-state index in [9.17, 15) is 23.6 Å². The maximum atomic E-state index is 13.1. The highest BCUT2D eigenvalue weighted by molar-refractivity contribution is 6.05. The minimum atomic E-state index is -0.868. The van der Waals surface area contributed by atoms with E-state index in [0.717, 1.165) is 6.07 Å². The van der Waals surface area contributed by atoms with Crippen molar-refractivity contribution in [3.63, 3.8) is 0 Å². The van der Waals surface area contributed by atoms with Gasteiger partial charge in [0, 0.05) is 17.2 Å². The van der Waals surface area contributed by atoms with Gasteiger partial charge in [0.2, 0.25) is 6.79 Å². The number of hydrogen-bond donors (Lipinski definition) is 2. The van der Waals surface area contributed by atoms with Crippen molar-refractivity contribution in [2.45, 2.75) is 6.92 Å². The van der Waals surface area contributed by atoms with Crippen LogP contribution >= 0.6 is 0 Å². The molecule has 0 saturated carbocycles. The van der Waals surface area contributed by atoms with Gasteiger partial charge in [0.1, 0.15) is 12.4 Å². The van der Waals surface area contributed by atoms with Crippen LogP contribution in [0.4, 0.5) is 10.1 Å². The zero-order chi connectivity index (χ0) is 21.7. The Labute approximate surface area is 170 Å². The number of carbonyl (C=O) groups is 4. The maximum Gasteiger partial charge on any atom is 0.325 e. The van der Waals surface area contributed by atoms with E-state index in [4.69, 9.17) is 14.2 Å². The molecule has 156 valence electrons. The number of hydrogen-bond acceptors (Lipinski definition) is 7. The van der Waals surface area contributed by atoms with Crippen LogP contribution in [0.25, 0.3) is 0 Å². The molecule has 0 spiro atoms. The molecule has 0 unspecified atom stereocenters. The van der Waals surface area contributed by atoms with E-state index in [2.05, 4.69) is 10.6 Å². The third kappa shape index (κ3) is 5.10. The van der Waals surface area contributed by atoms with Crippen molar-refractivity contribution in [1.82, 2.24) is 5.32 Å². The van der Waals surface area contributed by atoms with Gasteiger partial charge in [-0.25, -0.2) is 4.39 Å². The molecule has 0 fully saturated rings. The second kappa shape index (κ2) is 9.03. The third-order valence-corrected chi connectivity index (χ3v) is 4.01. The topological polar surface area (TPSA) is 120 Å². The average molecular weight is 416 g/mol. The number of ketones is 1. The third-order valence-electron chi connectivity index (χ3n) is 4.01. The summed E-state index contributed by atoms with van der Waals surface area (Å²) < 4.78 is 28.3. The lowest BCUT2D eigenvalue weighted by molar-refractivity contribution is -0.146. The molecule has 10 heteroatoms. The minimum Gasteiger partial charge on any atom is -0.454 e. The molecule has 1 aliphatic rings. The van der Waals surface area contributed by atoms with Gasteiger partial charge in [0.15, 0.2) is 23.9 Å². The molecule has 0 saturated heterocycles. The number of amides is 2. The van der Waals surface area contributed by atoms with Gasteiger partial charge < -0.3 is 24.8 Å². The van der Waals surface area contributed by atoms with Crippen LogP contribution in [0.3, 0.4) is 0 Å². The first-order chi connectivity index (χ1) is 14.3. The number of esters is 1. The van der Waals surface area contributed by atoms with Gasteiger partial charge in [-0.1, -0.05) is 6.07 Å². The summed E-state index contributed by atoms with van der Waals surface area (Å²) in [6, 6.07) is 7.84. The SMILES string of the molecule is CC(=O)c1cc2c(cc1NC(=O)COC(=O)CNC(=O)c1cccc(F)c1)OCO2. The summed E-state index contributed by atoms with van der Waals surface area (Å²) in [6.07, 6.45) is 0. The molecule has 0 aromatic heterocycles. The summed E-state index contributed by atoms with van der Waals surface area (Å²) in [6.45, 7) is 0.184. The standard InChI is InChI=1S/C20H17FN2O7/c1-11(24)14-6-16-17(30-10-29-16)7-15(14)23-18(25)9-28-19(26)8-22-20(27)12-3-2-4-13(21)5-12/h2-7H,8-10H2,1H3,(H,22,27)(H,23,25). The number of ether oxygens (including phenoxy) is 3. The number of fused-ring (bicyclic) bond motifs is 1. The summed E-state index contributed by atoms with van der Waals surface area (Å²) >= 11 is 0. The molecular weight excluding hydrogens is 399 g/mol. The summed E-state index contributed by atoms with van der Waals surface area (Å²) in [5, 5.41) is 4.74. The van der Waals surface area contributed by atoms with Gasteiger partial charge >= 0.3 is 5.97 Å². The van der Waals surface area contributed by atoms with Crippen molar-refractivity contribution in [3.8, 4) is 11.5 Å². The molecule has 30 heavy (non-hydrogen) atoms. The fourth-order valence-corrected chi connectivity index (χ4v) is 2.60. The first-order valence-electron chi connectivity index (χ1n) is 8.77. The molecule has 2 aromatic carbocycles. The van der Waals surface area contributed by atoms with Crippen molar-refractivity contribution in [1.29, 1.82) is 0 Å². The summed E-state index contributed by atoms with van der Waals surface area (Å²) in [7, 11) is 0. The van der Waals surface area contributed by atoms with Gasteiger partial charge in [0.05, 0.1) is 5.69 Å². The maximum absolute atomic E-state index is 13.1. The molecule has 0 aliphatic carbocycles. The first-order valence-corrected chi connectivity index (χ1v) is 8.77. The molecular formula is C20H17FN2O7. The highest BCUT2D eigenvalue weighted by Gasteiger charge is 2.21. The Morgan fingerprint density at radius 3 is 2.53 bits per heavy atom. The summed E-state index contributed by atoms with van der Waals surface area (Å²) in [5.74, 6) is -2.36. The van der Waals surface area contributed by atoms with Crippen molar-refractivity contribution >= 4 is 29.3 Å². The van der Waals surface area contributed by atoms with E-state index < -0.39 is 36.8 Å². The highest BCUT2D eigenvalue weighted by Crippen LogP contribution is 2.37. The number of benzene rings is 2. The largest absolute Gasteiger partial charge is 0.454 e. The van der Waals surface area contributed by atoms with E-state index in [0.29, 0.717) is 11.5 Å². The van der Waals surface area contributed by atoms with Crippen LogP contribution in [-0.2, 0) is 14.3 Å². The molecule has 3 rings (SSSR count). The Hall–Kier alpha value is -3.95. The van der Waals surface area contributed by atoms with Crippen LogP contribution in [0.5, 0.6) is 11.5 Å². The van der Waals surface area contributed by atoms with Crippen LogP contribution in [0.15, 0.2) is 36.4 Å². The second-order valence-corrected chi connectivity index (χ2v) is 6.21. The Bertz CT molecular complexity index is 1020. The smallest absolute Gasteiger partial charge is 0.325 e. The monoisotopic (exact) mass is 416 g/mol. The number of nitrogens with one attached hydrogen (secondary N) is 2. The van der Waals surface area contributed by atoms with Crippen LogP contribution < -0.4 is 20.1 Å². The Morgan fingerprint density at radius 2 is 1.83 bits per heavy atom. The van der Waals surface area contributed by atoms with Gasteiger partial charge in [-0.05, 0) is 31.2 Å².